The van der Waals surface area contributed by atoms with Gasteiger partial charge in [0.25, 0.3) is 0 Å². The Morgan fingerprint density at radius 1 is 1.23 bits per heavy atom. The SMILES string of the molecule is CN1CCC(N(C)c2ccc(-c3ccccc3Cl)nn2)C1=O. The van der Waals surface area contributed by atoms with Crippen LogP contribution in [-0.4, -0.2) is 47.7 Å². The first-order valence-electron chi connectivity index (χ1n) is 7.14. The number of nitrogens with zero attached hydrogens (tertiary/aromatic N) is 4. The number of halogens is 1. The quantitative estimate of drug-likeness (QED) is 0.873. The summed E-state index contributed by atoms with van der Waals surface area (Å²) in [6.07, 6.45) is 0.805. The van der Waals surface area contributed by atoms with Gasteiger partial charge in [-0.1, -0.05) is 29.8 Å². The summed E-state index contributed by atoms with van der Waals surface area (Å²) < 4.78 is 0. The molecule has 0 aliphatic carbocycles. The molecule has 0 N–H and O–H groups in total. The summed E-state index contributed by atoms with van der Waals surface area (Å²) >= 11 is 6.17. The largest absolute Gasteiger partial charge is 0.346 e. The first kappa shape index (κ1) is 14.8. The van der Waals surface area contributed by atoms with Gasteiger partial charge in [-0.3, -0.25) is 4.79 Å². The summed E-state index contributed by atoms with van der Waals surface area (Å²) in [6, 6.07) is 11.1. The standard InChI is InChI=1S/C16H17ClN4O/c1-20-10-9-14(16(20)22)21(2)15-8-7-13(18-19-15)11-5-3-4-6-12(11)17/h3-8,14H,9-10H2,1-2H3. The second-order valence-electron chi connectivity index (χ2n) is 5.43. The molecule has 5 nitrogen and oxygen atoms in total. The highest BCUT2D eigenvalue weighted by atomic mass is 35.5. The van der Waals surface area contributed by atoms with E-state index in [1.807, 2.05) is 55.4 Å². The minimum absolute atomic E-state index is 0.125. The van der Waals surface area contributed by atoms with E-state index in [9.17, 15) is 4.79 Å². The summed E-state index contributed by atoms with van der Waals surface area (Å²) in [5.41, 5.74) is 1.57. The molecule has 1 aliphatic rings. The molecule has 0 radical (unpaired) electrons. The normalized spacial score (nSPS) is 17.9. The van der Waals surface area contributed by atoms with E-state index in [-0.39, 0.29) is 11.9 Å². The average Bonchev–Trinajstić information content (AvgIpc) is 2.87. The lowest BCUT2D eigenvalue weighted by atomic mass is 10.1. The highest BCUT2D eigenvalue weighted by Gasteiger charge is 2.32. The monoisotopic (exact) mass is 316 g/mol. The zero-order chi connectivity index (χ0) is 15.7. The molecule has 0 saturated carbocycles. The molecule has 2 aromatic rings. The Labute approximate surface area is 134 Å². The second kappa shape index (κ2) is 5.93. The number of carbonyl (C=O) groups is 1. The van der Waals surface area contributed by atoms with Crippen LogP contribution < -0.4 is 4.90 Å². The van der Waals surface area contributed by atoms with E-state index in [0.29, 0.717) is 10.8 Å². The zero-order valence-electron chi connectivity index (χ0n) is 12.5. The molecule has 1 aliphatic heterocycles. The molecule has 1 aromatic heterocycles. The van der Waals surface area contributed by atoms with Gasteiger partial charge in [0.1, 0.15) is 6.04 Å². The van der Waals surface area contributed by atoms with Crippen LogP contribution in [0.3, 0.4) is 0 Å². The molecular weight excluding hydrogens is 300 g/mol. The minimum Gasteiger partial charge on any atom is -0.346 e. The summed E-state index contributed by atoms with van der Waals surface area (Å²) in [7, 11) is 3.70. The number of likely N-dealkylation sites (tertiary alicyclic amines) is 1. The second-order valence-corrected chi connectivity index (χ2v) is 5.84. The smallest absolute Gasteiger partial charge is 0.245 e. The first-order valence-corrected chi connectivity index (χ1v) is 7.52. The van der Waals surface area contributed by atoms with Gasteiger partial charge in [-0.15, -0.1) is 10.2 Å². The molecule has 1 unspecified atom stereocenters. The Hall–Kier alpha value is -2.14. The number of likely N-dealkylation sites (N-methyl/N-ethyl adjacent to an activating group) is 2. The van der Waals surface area contributed by atoms with Crippen LogP contribution in [-0.2, 0) is 4.79 Å². The van der Waals surface area contributed by atoms with Crippen molar-refractivity contribution in [3.05, 3.63) is 41.4 Å². The van der Waals surface area contributed by atoms with Crippen molar-refractivity contribution in [2.45, 2.75) is 12.5 Å². The summed E-state index contributed by atoms with van der Waals surface area (Å²) in [5, 5.41) is 9.14. The number of hydrogen-bond donors (Lipinski definition) is 0. The lowest BCUT2D eigenvalue weighted by Gasteiger charge is -2.23. The number of hydrogen-bond acceptors (Lipinski definition) is 4. The third-order valence-corrected chi connectivity index (χ3v) is 4.36. The Morgan fingerprint density at radius 2 is 2.00 bits per heavy atom. The predicted molar refractivity (Wildman–Crippen MR) is 86.9 cm³/mol. The molecular formula is C16H17ClN4O. The third kappa shape index (κ3) is 2.64. The zero-order valence-corrected chi connectivity index (χ0v) is 13.3. The first-order chi connectivity index (χ1) is 10.6. The summed E-state index contributed by atoms with van der Waals surface area (Å²) in [6.45, 7) is 0.777. The van der Waals surface area contributed by atoms with Crippen LogP contribution in [0.1, 0.15) is 6.42 Å². The molecule has 1 saturated heterocycles. The van der Waals surface area contributed by atoms with E-state index < -0.39 is 0 Å². The minimum atomic E-state index is -0.162. The van der Waals surface area contributed by atoms with Crippen molar-refractivity contribution in [1.82, 2.24) is 15.1 Å². The van der Waals surface area contributed by atoms with Gasteiger partial charge in [0.2, 0.25) is 5.91 Å². The van der Waals surface area contributed by atoms with Crippen molar-refractivity contribution in [3.63, 3.8) is 0 Å². The maximum absolute atomic E-state index is 12.1. The fourth-order valence-corrected chi connectivity index (χ4v) is 2.88. The van der Waals surface area contributed by atoms with Crippen LogP contribution in [0.25, 0.3) is 11.3 Å². The molecule has 3 rings (SSSR count). The Bertz CT molecular complexity index is 689. The van der Waals surface area contributed by atoms with E-state index in [2.05, 4.69) is 10.2 Å². The summed E-state index contributed by atoms with van der Waals surface area (Å²) in [5.74, 6) is 0.809. The van der Waals surface area contributed by atoms with Gasteiger partial charge in [0.15, 0.2) is 5.82 Å². The fraction of sp³-hybridized carbons (Fsp3) is 0.312. The number of benzene rings is 1. The van der Waals surface area contributed by atoms with E-state index in [0.717, 1.165) is 24.2 Å². The van der Waals surface area contributed by atoms with Crippen LogP contribution in [0, 0.1) is 0 Å². The van der Waals surface area contributed by atoms with Gasteiger partial charge < -0.3 is 9.80 Å². The van der Waals surface area contributed by atoms with Gasteiger partial charge in [0, 0.05) is 26.2 Å². The van der Waals surface area contributed by atoms with Crippen molar-refractivity contribution in [2.24, 2.45) is 0 Å². The highest BCUT2D eigenvalue weighted by molar-refractivity contribution is 6.33. The van der Waals surface area contributed by atoms with Crippen molar-refractivity contribution in [1.29, 1.82) is 0 Å². The molecule has 0 spiro atoms. The Morgan fingerprint density at radius 3 is 2.59 bits per heavy atom. The Balaban J connectivity index is 1.83. The van der Waals surface area contributed by atoms with E-state index in [1.165, 1.54) is 0 Å². The van der Waals surface area contributed by atoms with Crippen LogP contribution in [0.15, 0.2) is 36.4 Å². The molecule has 1 fully saturated rings. The van der Waals surface area contributed by atoms with E-state index in [1.54, 1.807) is 4.90 Å². The predicted octanol–water partition coefficient (Wildman–Crippen LogP) is 2.46. The molecule has 114 valence electrons. The Kier molecular flexibility index (Phi) is 3.98. The van der Waals surface area contributed by atoms with Gasteiger partial charge in [-0.05, 0) is 24.6 Å². The maximum atomic E-state index is 12.1. The average molecular weight is 317 g/mol. The summed E-state index contributed by atoms with van der Waals surface area (Å²) in [4.78, 5) is 15.7. The van der Waals surface area contributed by atoms with Crippen LogP contribution in [0.5, 0.6) is 0 Å². The fourth-order valence-electron chi connectivity index (χ4n) is 2.65. The highest BCUT2D eigenvalue weighted by Crippen LogP contribution is 2.27. The lowest BCUT2D eigenvalue weighted by molar-refractivity contribution is -0.127. The molecule has 1 aromatic carbocycles. The van der Waals surface area contributed by atoms with Crippen molar-refractivity contribution in [3.8, 4) is 11.3 Å². The molecule has 1 atom stereocenters. The van der Waals surface area contributed by atoms with Crippen LogP contribution in [0.2, 0.25) is 5.02 Å². The van der Waals surface area contributed by atoms with Gasteiger partial charge in [-0.2, -0.15) is 0 Å². The molecule has 22 heavy (non-hydrogen) atoms. The van der Waals surface area contributed by atoms with Crippen molar-refractivity contribution < 1.29 is 4.79 Å². The number of aromatic nitrogens is 2. The molecule has 2 heterocycles. The van der Waals surface area contributed by atoms with E-state index in [4.69, 9.17) is 11.6 Å². The maximum Gasteiger partial charge on any atom is 0.245 e. The molecule has 1 amide bonds. The van der Waals surface area contributed by atoms with Crippen LogP contribution in [0.4, 0.5) is 5.82 Å². The van der Waals surface area contributed by atoms with Crippen molar-refractivity contribution >= 4 is 23.3 Å². The number of anilines is 1. The third-order valence-electron chi connectivity index (χ3n) is 4.03. The number of rotatable bonds is 3. The van der Waals surface area contributed by atoms with Crippen LogP contribution >= 0.6 is 11.6 Å². The lowest BCUT2D eigenvalue weighted by Crippen LogP contribution is -2.39. The number of carbonyl (C=O) groups excluding carboxylic acids is 1. The van der Waals surface area contributed by atoms with Gasteiger partial charge >= 0.3 is 0 Å². The topological polar surface area (TPSA) is 49.3 Å². The van der Waals surface area contributed by atoms with E-state index >= 15 is 0 Å². The molecule has 0 bridgehead atoms. The molecule has 6 heteroatoms. The number of amides is 1. The van der Waals surface area contributed by atoms with Gasteiger partial charge in [0.05, 0.1) is 10.7 Å². The van der Waals surface area contributed by atoms with Gasteiger partial charge in [-0.25, -0.2) is 0 Å². The van der Waals surface area contributed by atoms with Crippen molar-refractivity contribution in [2.75, 3.05) is 25.5 Å².